The number of nitrogen functional groups attached to an aromatic ring is 1. The molecule has 9 heteroatoms. The van der Waals surface area contributed by atoms with Crippen LogP contribution in [0.2, 0.25) is 0 Å². The van der Waals surface area contributed by atoms with Crippen molar-refractivity contribution in [1.29, 1.82) is 0 Å². The standard InChI is InChI=1S/C21H20N6O3/c1-29-15-5-3-4-13(8-15)11-24-21(28)16-10-17(14-6-7-23-18(9-14)30-2)27-19(16)20(22)25-12-26-27/h3-10,12H,11H2,1-2H3,(H,24,28)(H2,22,25,26). The van der Waals surface area contributed by atoms with Crippen molar-refractivity contribution in [3.05, 3.63) is 66.1 Å². The van der Waals surface area contributed by atoms with Gasteiger partial charge in [0.05, 0.1) is 25.5 Å². The van der Waals surface area contributed by atoms with Crippen molar-refractivity contribution < 1.29 is 14.3 Å². The summed E-state index contributed by atoms with van der Waals surface area (Å²) in [5.41, 5.74) is 9.26. The molecular formula is C21H20N6O3. The number of methoxy groups -OCH3 is 2. The fourth-order valence-corrected chi connectivity index (χ4v) is 3.19. The molecule has 0 saturated heterocycles. The van der Waals surface area contributed by atoms with Crippen LogP contribution in [0.15, 0.2) is 55.0 Å². The maximum atomic E-state index is 13.0. The summed E-state index contributed by atoms with van der Waals surface area (Å²) in [6, 6.07) is 12.8. The average molecular weight is 404 g/mol. The second-order valence-electron chi connectivity index (χ2n) is 6.47. The minimum Gasteiger partial charge on any atom is -0.497 e. The summed E-state index contributed by atoms with van der Waals surface area (Å²) in [4.78, 5) is 21.2. The quantitative estimate of drug-likeness (QED) is 0.506. The Labute approximate surface area is 172 Å². The Bertz CT molecular complexity index is 1220. The summed E-state index contributed by atoms with van der Waals surface area (Å²) < 4.78 is 12.0. The van der Waals surface area contributed by atoms with Crippen LogP contribution >= 0.6 is 0 Å². The van der Waals surface area contributed by atoms with Gasteiger partial charge in [0.15, 0.2) is 5.82 Å². The van der Waals surface area contributed by atoms with Gasteiger partial charge in [-0.3, -0.25) is 4.79 Å². The van der Waals surface area contributed by atoms with Crippen LogP contribution in [0.1, 0.15) is 15.9 Å². The first-order valence-electron chi connectivity index (χ1n) is 9.14. The molecule has 3 heterocycles. The number of carbonyl (C=O) groups is 1. The third-order valence-corrected chi connectivity index (χ3v) is 4.65. The summed E-state index contributed by atoms with van der Waals surface area (Å²) in [7, 11) is 3.14. The molecule has 0 bridgehead atoms. The van der Waals surface area contributed by atoms with E-state index in [2.05, 4.69) is 20.4 Å². The number of fused-ring (bicyclic) bond motifs is 1. The summed E-state index contributed by atoms with van der Waals surface area (Å²) >= 11 is 0. The summed E-state index contributed by atoms with van der Waals surface area (Å²) in [6.45, 7) is 0.333. The van der Waals surface area contributed by atoms with Crippen molar-refractivity contribution in [2.75, 3.05) is 20.0 Å². The van der Waals surface area contributed by atoms with E-state index in [-0.39, 0.29) is 11.7 Å². The fourth-order valence-electron chi connectivity index (χ4n) is 3.19. The van der Waals surface area contributed by atoms with Gasteiger partial charge < -0.3 is 20.5 Å². The van der Waals surface area contributed by atoms with E-state index in [4.69, 9.17) is 15.2 Å². The number of carbonyl (C=O) groups excluding carboxylic acids is 1. The number of ether oxygens (including phenoxy) is 2. The first-order valence-corrected chi connectivity index (χ1v) is 9.14. The van der Waals surface area contributed by atoms with Gasteiger partial charge in [-0.05, 0) is 29.8 Å². The molecule has 0 saturated carbocycles. The van der Waals surface area contributed by atoms with Crippen LogP contribution in [0, 0.1) is 0 Å². The third-order valence-electron chi connectivity index (χ3n) is 4.65. The fraction of sp³-hybridized carbons (Fsp3) is 0.143. The third kappa shape index (κ3) is 3.60. The molecule has 0 radical (unpaired) electrons. The number of nitrogens with one attached hydrogen (secondary N) is 1. The highest BCUT2D eigenvalue weighted by Gasteiger charge is 2.20. The van der Waals surface area contributed by atoms with Gasteiger partial charge >= 0.3 is 0 Å². The molecule has 30 heavy (non-hydrogen) atoms. The van der Waals surface area contributed by atoms with E-state index in [1.165, 1.54) is 6.33 Å². The van der Waals surface area contributed by atoms with Crippen LogP contribution in [0.25, 0.3) is 16.8 Å². The zero-order chi connectivity index (χ0) is 21.1. The van der Waals surface area contributed by atoms with Gasteiger partial charge in [-0.15, -0.1) is 0 Å². The lowest BCUT2D eigenvalue weighted by Crippen LogP contribution is -2.23. The Morgan fingerprint density at radius 1 is 1.13 bits per heavy atom. The highest BCUT2D eigenvalue weighted by molar-refractivity contribution is 6.05. The number of hydrogen-bond acceptors (Lipinski definition) is 7. The van der Waals surface area contributed by atoms with Crippen molar-refractivity contribution in [3.8, 4) is 22.9 Å². The summed E-state index contributed by atoms with van der Waals surface area (Å²) in [5.74, 6) is 1.10. The van der Waals surface area contributed by atoms with E-state index in [1.54, 1.807) is 43.1 Å². The van der Waals surface area contributed by atoms with E-state index in [0.29, 0.717) is 29.2 Å². The molecule has 0 fully saturated rings. The maximum Gasteiger partial charge on any atom is 0.253 e. The van der Waals surface area contributed by atoms with Gasteiger partial charge in [0.2, 0.25) is 5.88 Å². The Morgan fingerprint density at radius 3 is 2.80 bits per heavy atom. The first-order chi connectivity index (χ1) is 14.6. The van der Waals surface area contributed by atoms with Crippen LogP contribution in [0.5, 0.6) is 11.6 Å². The van der Waals surface area contributed by atoms with E-state index in [1.807, 2.05) is 24.3 Å². The molecule has 3 aromatic heterocycles. The van der Waals surface area contributed by atoms with Crippen molar-refractivity contribution in [2.45, 2.75) is 6.54 Å². The molecule has 0 unspecified atom stereocenters. The van der Waals surface area contributed by atoms with Gasteiger partial charge in [0, 0.05) is 24.4 Å². The molecule has 1 amide bonds. The largest absolute Gasteiger partial charge is 0.497 e. The SMILES string of the molecule is COc1cccc(CNC(=O)c2cc(-c3ccnc(OC)c3)n3ncnc(N)c23)c1. The lowest BCUT2D eigenvalue weighted by Gasteiger charge is -2.07. The van der Waals surface area contributed by atoms with Crippen LogP contribution in [0.3, 0.4) is 0 Å². The molecule has 0 aliphatic heterocycles. The average Bonchev–Trinajstić information content (AvgIpc) is 3.19. The zero-order valence-electron chi connectivity index (χ0n) is 16.5. The van der Waals surface area contributed by atoms with Crippen LogP contribution in [0.4, 0.5) is 5.82 Å². The molecule has 152 valence electrons. The first kappa shape index (κ1) is 19.2. The Kier molecular flexibility index (Phi) is 5.17. The molecular weight excluding hydrogens is 384 g/mol. The summed E-state index contributed by atoms with van der Waals surface area (Å²) in [6.07, 6.45) is 2.98. The van der Waals surface area contributed by atoms with E-state index in [0.717, 1.165) is 16.9 Å². The maximum absolute atomic E-state index is 13.0. The number of nitrogens with zero attached hydrogens (tertiary/aromatic N) is 4. The van der Waals surface area contributed by atoms with E-state index < -0.39 is 0 Å². The molecule has 3 N–H and O–H groups in total. The summed E-state index contributed by atoms with van der Waals surface area (Å²) in [5, 5.41) is 7.20. The van der Waals surface area contributed by atoms with Gasteiger partial charge in [-0.25, -0.2) is 14.5 Å². The second kappa shape index (κ2) is 8.08. The number of nitrogens with two attached hydrogens (primary N) is 1. The highest BCUT2D eigenvalue weighted by Crippen LogP contribution is 2.29. The molecule has 0 spiro atoms. The molecule has 4 aromatic rings. The van der Waals surface area contributed by atoms with Crippen LogP contribution in [-0.4, -0.2) is 39.7 Å². The minimum absolute atomic E-state index is 0.212. The smallest absolute Gasteiger partial charge is 0.253 e. The van der Waals surface area contributed by atoms with Gasteiger partial charge in [-0.2, -0.15) is 5.10 Å². The molecule has 0 aliphatic carbocycles. The molecule has 0 aliphatic rings. The van der Waals surface area contributed by atoms with Gasteiger partial charge in [-0.1, -0.05) is 12.1 Å². The van der Waals surface area contributed by atoms with E-state index >= 15 is 0 Å². The number of aromatic nitrogens is 4. The number of pyridine rings is 1. The Morgan fingerprint density at radius 2 is 2.00 bits per heavy atom. The van der Waals surface area contributed by atoms with Crippen molar-refractivity contribution in [3.63, 3.8) is 0 Å². The normalized spacial score (nSPS) is 10.7. The van der Waals surface area contributed by atoms with E-state index in [9.17, 15) is 4.79 Å². The van der Waals surface area contributed by atoms with Crippen molar-refractivity contribution >= 4 is 17.2 Å². The monoisotopic (exact) mass is 404 g/mol. The molecule has 9 nitrogen and oxygen atoms in total. The van der Waals surface area contributed by atoms with Crippen molar-refractivity contribution in [1.82, 2.24) is 24.9 Å². The Hall–Kier alpha value is -4.14. The molecule has 1 aromatic carbocycles. The lowest BCUT2D eigenvalue weighted by atomic mass is 10.1. The Balaban J connectivity index is 1.70. The van der Waals surface area contributed by atoms with Gasteiger partial charge in [0.25, 0.3) is 5.91 Å². The number of hydrogen-bond donors (Lipinski definition) is 2. The number of amides is 1. The van der Waals surface area contributed by atoms with Crippen LogP contribution < -0.4 is 20.5 Å². The highest BCUT2D eigenvalue weighted by atomic mass is 16.5. The predicted molar refractivity (Wildman–Crippen MR) is 111 cm³/mol. The van der Waals surface area contributed by atoms with Crippen molar-refractivity contribution in [2.24, 2.45) is 0 Å². The number of anilines is 1. The second-order valence-corrected chi connectivity index (χ2v) is 6.47. The van der Waals surface area contributed by atoms with Crippen LogP contribution in [-0.2, 0) is 6.54 Å². The minimum atomic E-state index is -0.288. The lowest BCUT2D eigenvalue weighted by molar-refractivity contribution is 0.0952. The number of benzene rings is 1. The topological polar surface area (TPSA) is 117 Å². The predicted octanol–water partition coefficient (Wildman–Crippen LogP) is 2.32. The number of rotatable bonds is 6. The molecule has 0 atom stereocenters. The van der Waals surface area contributed by atoms with Gasteiger partial charge in [0.1, 0.15) is 17.6 Å². The molecule has 4 rings (SSSR count). The zero-order valence-corrected chi connectivity index (χ0v) is 16.5.